The summed E-state index contributed by atoms with van der Waals surface area (Å²) in [4.78, 5) is 0. The highest BCUT2D eigenvalue weighted by Crippen LogP contribution is 2.17. The molecule has 0 amide bonds. The van der Waals surface area contributed by atoms with E-state index in [-0.39, 0.29) is 24.3 Å². The Balaban J connectivity index is 2.14. The highest BCUT2D eigenvalue weighted by Gasteiger charge is 2.14. The highest BCUT2D eigenvalue weighted by molar-refractivity contribution is 5.34. The maximum Gasteiger partial charge on any atom is 0.131 e. The minimum atomic E-state index is -0.774. The van der Waals surface area contributed by atoms with E-state index in [0.717, 1.165) is 17.7 Å². The molecule has 2 aromatic carbocycles. The summed E-state index contributed by atoms with van der Waals surface area (Å²) in [6.07, 6.45) is 0. The Bertz CT molecular complexity index is 630. The number of rotatable bonds is 5. The van der Waals surface area contributed by atoms with E-state index < -0.39 is 17.7 Å². The molecule has 5 heteroatoms. The van der Waals surface area contributed by atoms with Crippen LogP contribution in [0.15, 0.2) is 42.5 Å². The molecule has 2 rings (SSSR count). The van der Waals surface area contributed by atoms with E-state index in [0.29, 0.717) is 0 Å². The van der Waals surface area contributed by atoms with Crippen LogP contribution in [-0.2, 0) is 6.54 Å². The molecule has 1 atom stereocenters. The largest absolute Gasteiger partial charge is 0.394 e. The molecule has 0 aromatic heterocycles. The van der Waals surface area contributed by atoms with Gasteiger partial charge in [-0.15, -0.1) is 0 Å². The Kier molecular flexibility index (Phi) is 4.99. The number of nitriles is 1. The first-order valence-electron chi connectivity index (χ1n) is 6.43. The van der Waals surface area contributed by atoms with Crippen molar-refractivity contribution in [3.63, 3.8) is 0 Å². The minimum absolute atomic E-state index is 0.0597. The summed E-state index contributed by atoms with van der Waals surface area (Å²) in [6.45, 7) is -0.271. The second-order valence-corrected chi connectivity index (χ2v) is 4.56. The Hall–Kier alpha value is -2.29. The van der Waals surface area contributed by atoms with E-state index in [1.165, 1.54) is 0 Å². The van der Waals surface area contributed by atoms with Crippen LogP contribution >= 0.6 is 0 Å². The van der Waals surface area contributed by atoms with E-state index >= 15 is 0 Å². The molecule has 0 radical (unpaired) electrons. The molecule has 2 N–H and O–H groups in total. The number of benzene rings is 2. The lowest BCUT2D eigenvalue weighted by atomic mass is 10.1. The topological polar surface area (TPSA) is 56.0 Å². The summed E-state index contributed by atoms with van der Waals surface area (Å²) in [6, 6.07) is 12.4. The fraction of sp³-hybridized carbons (Fsp3) is 0.188. The Morgan fingerprint density at radius 3 is 2.29 bits per heavy atom. The number of aliphatic hydroxyl groups excluding tert-OH is 1. The van der Waals surface area contributed by atoms with Gasteiger partial charge in [-0.25, -0.2) is 8.78 Å². The highest BCUT2D eigenvalue weighted by atomic mass is 19.1. The molecule has 108 valence electrons. The van der Waals surface area contributed by atoms with E-state index in [2.05, 4.69) is 5.32 Å². The van der Waals surface area contributed by atoms with Crippen LogP contribution in [0.4, 0.5) is 8.78 Å². The summed E-state index contributed by atoms with van der Waals surface area (Å²) in [5, 5.41) is 20.9. The fourth-order valence-corrected chi connectivity index (χ4v) is 2.03. The van der Waals surface area contributed by atoms with Crippen LogP contribution < -0.4 is 5.32 Å². The average Bonchev–Trinajstić information content (AvgIpc) is 2.50. The van der Waals surface area contributed by atoms with Gasteiger partial charge in [0.25, 0.3) is 0 Å². The molecule has 0 aliphatic carbocycles. The third-order valence-electron chi connectivity index (χ3n) is 3.18. The minimum Gasteiger partial charge on any atom is -0.394 e. The van der Waals surface area contributed by atoms with Gasteiger partial charge < -0.3 is 10.4 Å². The van der Waals surface area contributed by atoms with Crippen molar-refractivity contribution in [1.29, 1.82) is 5.26 Å². The van der Waals surface area contributed by atoms with Gasteiger partial charge in [0.1, 0.15) is 11.6 Å². The summed E-state index contributed by atoms with van der Waals surface area (Å²) in [5.41, 5.74) is 0.619. The average molecular weight is 288 g/mol. The van der Waals surface area contributed by atoms with Crippen LogP contribution in [0.3, 0.4) is 0 Å². The Labute approximate surface area is 121 Å². The van der Waals surface area contributed by atoms with Crippen LogP contribution in [0.25, 0.3) is 0 Å². The first-order chi connectivity index (χ1) is 10.2. The summed E-state index contributed by atoms with van der Waals surface area (Å²) >= 11 is 0. The zero-order valence-corrected chi connectivity index (χ0v) is 11.2. The maximum absolute atomic E-state index is 13.8. The van der Waals surface area contributed by atoms with Crippen LogP contribution in [-0.4, -0.2) is 11.7 Å². The van der Waals surface area contributed by atoms with Crippen molar-refractivity contribution in [1.82, 2.24) is 5.32 Å². The number of halogens is 2. The zero-order valence-electron chi connectivity index (χ0n) is 11.2. The van der Waals surface area contributed by atoms with E-state index in [4.69, 9.17) is 5.26 Å². The van der Waals surface area contributed by atoms with Crippen molar-refractivity contribution in [2.75, 3.05) is 6.61 Å². The van der Waals surface area contributed by atoms with E-state index in [1.54, 1.807) is 6.07 Å². The number of hydrogen-bond acceptors (Lipinski definition) is 3. The lowest BCUT2D eigenvalue weighted by Crippen LogP contribution is -2.25. The molecule has 0 spiro atoms. The molecule has 0 aliphatic rings. The molecular weight excluding hydrogens is 274 g/mol. The first kappa shape index (κ1) is 15.1. The van der Waals surface area contributed by atoms with Crippen molar-refractivity contribution in [3.05, 3.63) is 70.8 Å². The molecule has 3 nitrogen and oxygen atoms in total. The van der Waals surface area contributed by atoms with Gasteiger partial charge in [-0.3, -0.25) is 0 Å². The van der Waals surface area contributed by atoms with Gasteiger partial charge in [-0.1, -0.05) is 30.3 Å². The fourth-order valence-electron chi connectivity index (χ4n) is 2.03. The molecule has 0 bridgehead atoms. The standard InChI is InChI=1S/C16H14F2N2O/c17-14-6-11(8-19)7-15(18)13(14)9-20-16(10-21)12-4-2-1-3-5-12/h1-7,16,20-21H,9-10H2/t16-/m1/s1. The van der Waals surface area contributed by atoms with E-state index in [9.17, 15) is 13.9 Å². The lowest BCUT2D eigenvalue weighted by molar-refractivity contribution is 0.242. The smallest absolute Gasteiger partial charge is 0.131 e. The van der Waals surface area contributed by atoms with Crippen molar-refractivity contribution in [2.24, 2.45) is 0 Å². The number of nitrogens with zero attached hydrogens (tertiary/aromatic N) is 1. The van der Waals surface area contributed by atoms with Gasteiger partial charge in [0, 0.05) is 12.1 Å². The predicted octanol–water partition coefficient (Wildman–Crippen LogP) is 2.66. The SMILES string of the molecule is N#Cc1cc(F)c(CN[C@H](CO)c2ccccc2)c(F)c1. The third kappa shape index (κ3) is 3.63. The molecule has 2 aromatic rings. The molecule has 0 aliphatic heterocycles. The Morgan fingerprint density at radius 2 is 1.76 bits per heavy atom. The predicted molar refractivity (Wildman–Crippen MR) is 74.2 cm³/mol. The molecule has 0 saturated carbocycles. The van der Waals surface area contributed by atoms with Gasteiger partial charge in [0.15, 0.2) is 0 Å². The number of nitrogens with one attached hydrogen (secondary N) is 1. The van der Waals surface area contributed by atoms with Gasteiger partial charge >= 0.3 is 0 Å². The zero-order chi connectivity index (χ0) is 15.2. The lowest BCUT2D eigenvalue weighted by Gasteiger charge is -2.17. The second-order valence-electron chi connectivity index (χ2n) is 4.56. The molecule has 0 saturated heterocycles. The number of aliphatic hydroxyl groups is 1. The summed E-state index contributed by atoms with van der Waals surface area (Å²) < 4.78 is 27.5. The first-order valence-corrected chi connectivity index (χ1v) is 6.43. The van der Waals surface area contributed by atoms with Crippen molar-refractivity contribution >= 4 is 0 Å². The summed E-state index contributed by atoms with van der Waals surface area (Å²) in [7, 11) is 0. The van der Waals surface area contributed by atoms with Crippen molar-refractivity contribution in [2.45, 2.75) is 12.6 Å². The van der Waals surface area contributed by atoms with Crippen LogP contribution in [0, 0.1) is 23.0 Å². The maximum atomic E-state index is 13.8. The molecule has 21 heavy (non-hydrogen) atoms. The second kappa shape index (κ2) is 6.93. The quantitative estimate of drug-likeness (QED) is 0.889. The van der Waals surface area contributed by atoms with Gasteiger partial charge in [0.05, 0.1) is 24.3 Å². The van der Waals surface area contributed by atoms with Crippen LogP contribution in [0.1, 0.15) is 22.7 Å². The Morgan fingerprint density at radius 1 is 1.14 bits per heavy atom. The van der Waals surface area contributed by atoms with Gasteiger partial charge in [-0.2, -0.15) is 5.26 Å². The molecule has 0 unspecified atom stereocenters. The third-order valence-corrected chi connectivity index (χ3v) is 3.18. The normalized spacial score (nSPS) is 11.9. The van der Waals surface area contributed by atoms with Gasteiger partial charge in [0.2, 0.25) is 0 Å². The van der Waals surface area contributed by atoms with Crippen LogP contribution in [0.2, 0.25) is 0 Å². The monoisotopic (exact) mass is 288 g/mol. The van der Waals surface area contributed by atoms with Crippen LogP contribution in [0.5, 0.6) is 0 Å². The molecule has 0 fully saturated rings. The summed E-state index contributed by atoms with van der Waals surface area (Å²) in [5.74, 6) is -1.55. The molecule has 0 heterocycles. The van der Waals surface area contributed by atoms with Crippen molar-refractivity contribution in [3.8, 4) is 6.07 Å². The van der Waals surface area contributed by atoms with Gasteiger partial charge in [-0.05, 0) is 17.7 Å². The van der Waals surface area contributed by atoms with E-state index in [1.807, 2.05) is 30.3 Å². The molecular formula is C16H14F2N2O. The van der Waals surface area contributed by atoms with Crippen molar-refractivity contribution < 1.29 is 13.9 Å². The number of hydrogen-bond donors (Lipinski definition) is 2.